The van der Waals surface area contributed by atoms with Crippen molar-refractivity contribution in [3.63, 3.8) is 0 Å². The van der Waals surface area contributed by atoms with Gasteiger partial charge < -0.3 is 9.47 Å². The van der Waals surface area contributed by atoms with Crippen molar-refractivity contribution in [3.8, 4) is 0 Å². The fourth-order valence-corrected chi connectivity index (χ4v) is 15.0. The largest absolute Gasteiger partial charge is 0.478 e. The van der Waals surface area contributed by atoms with Crippen molar-refractivity contribution in [2.45, 2.75) is 113 Å². The molecule has 8 bridgehead atoms. The second-order valence-corrected chi connectivity index (χ2v) is 20.6. The van der Waals surface area contributed by atoms with E-state index in [9.17, 15) is 0 Å². The highest BCUT2D eigenvalue weighted by Gasteiger charge is 2.54. The predicted molar refractivity (Wildman–Crippen MR) is 228 cm³/mol. The zero-order valence-corrected chi connectivity index (χ0v) is 33.5. The molecule has 4 aromatic carbocycles. The minimum atomic E-state index is -0.683. The first-order valence-electron chi connectivity index (χ1n) is 22.7. The summed E-state index contributed by atoms with van der Waals surface area (Å²) in [4.78, 5) is 11.0. The van der Waals surface area contributed by atoms with Gasteiger partial charge in [0.1, 0.15) is 30.7 Å². The van der Waals surface area contributed by atoms with Gasteiger partial charge in [-0.05, 0) is 170 Å². The van der Waals surface area contributed by atoms with E-state index < -0.39 is 5.41 Å². The molecule has 2 heterocycles. The number of benzene rings is 4. The summed E-state index contributed by atoms with van der Waals surface area (Å²) in [6.07, 6.45) is 18.6. The Morgan fingerprint density at radius 3 is 1.11 bits per heavy atom. The third-order valence-electron chi connectivity index (χ3n) is 16.7. The number of hydrogen-bond acceptors (Lipinski definition) is 4. The SMILES string of the molecule is c1ccc([C@H]2COC(C(Cc3ccc(C45CC6CC(CC(C6)C4)C5)cc3)(Cc3ccc(C45CC6CC(CC(C6)C4)C5)cc3)C3=N[C@@H](c4ccccc4)CO3)=N2)cc1. The molecule has 0 aromatic heterocycles. The molecule has 57 heavy (non-hydrogen) atoms. The van der Waals surface area contributed by atoms with Crippen molar-refractivity contribution >= 4 is 11.8 Å². The van der Waals surface area contributed by atoms with Crippen LogP contribution in [-0.2, 0) is 33.1 Å². The van der Waals surface area contributed by atoms with Gasteiger partial charge >= 0.3 is 0 Å². The fourth-order valence-electron chi connectivity index (χ4n) is 15.0. The van der Waals surface area contributed by atoms with E-state index in [0.717, 1.165) is 60.1 Å². The molecule has 2 aliphatic heterocycles. The molecule has 292 valence electrons. The molecular weight excluding hydrogens is 697 g/mol. The Bertz CT molecular complexity index is 1940. The highest BCUT2D eigenvalue weighted by Crippen LogP contribution is 2.62. The lowest BCUT2D eigenvalue weighted by molar-refractivity contribution is -0.00531. The monoisotopic (exact) mass is 754 g/mol. The van der Waals surface area contributed by atoms with Gasteiger partial charge in [0.15, 0.2) is 0 Å². The predicted octanol–water partition coefficient (Wildman–Crippen LogP) is 11.7. The molecule has 0 amide bonds. The van der Waals surface area contributed by atoms with Crippen LogP contribution in [0.25, 0.3) is 0 Å². The lowest BCUT2D eigenvalue weighted by Crippen LogP contribution is -2.48. The molecule has 0 N–H and O–H groups in total. The van der Waals surface area contributed by atoms with Crippen LogP contribution in [0.3, 0.4) is 0 Å². The van der Waals surface area contributed by atoms with E-state index in [4.69, 9.17) is 19.5 Å². The van der Waals surface area contributed by atoms with E-state index in [-0.39, 0.29) is 12.1 Å². The zero-order chi connectivity index (χ0) is 37.6. The van der Waals surface area contributed by atoms with E-state index in [0.29, 0.717) is 24.0 Å². The van der Waals surface area contributed by atoms with Crippen molar-refractivity contribution in [2.24, 2.45) is 50.9 Å². The maximum absolute atomic E-state index is 6.85. The molecule has 8 saturated carbocycles. The normalized spacial score (nSPS) is 35.9. The highest BCUT2D eigenvalue weighted by molar-refractivity contribution is 6.07. The Morgan fingerprint density at radius 1 is 0.439 bits per heavy atom. The lowest BCUT2D eigenvalue weighted by atomic mass is 9.48. The van der Waals surface area contributed by atoms with Crippen LogP contribution in [0.2, 0.25) is 0 Å². The van der Waals surface area contributed by atoms with Crippen LogP contribution in [-0.4, -0.2) is 25.0 Å². The lowest BCUT2D eigenvalue weighted by Gasteiger charge is -2.57. The Labute approximate surface area is 339 Å². The van der Waals surface area contributed by atoms with Crippen molar-refractivity contribution in [1.82, 2.24) is 0 Å². The van der Waals surface area contributed by atoms with Crippen LogP contribution >= 0.6 is 0 Å². The van der Waals surface area contributed by atoms with Crippen LogP contribution in [0.1, 0.15) is 123 Å². The molecule has 0 radical (unpaired) electrons. The average Bonchev–Trinajstić information content (AvgIpc) is 3.93. The van der Waals surface area contributed by atoms with E-state index in [1.165, 1.54) is 99.3 Å². The van der Waals surface area contributed by atoms with Crippen molar-refractivity contribution in [3.05, 3.63) is 143 Å². The Kier molecular flexibility index (Phi) is 8.21. The molecule has 8 aliphatic carbocycles. The molecule has 0 spiro atoms. The molecule has 4 aromatic rings. The van der Waals surface area contributed by atoms with Gasteiger partial charge in [-0.1, -0.05) is 109 Å². The fraction of sp³-hybridized carbons (Fsp3) is 0.509. The standard InChI is InChI=1S/C53H58N2O2/c1-3-7-43(8-4-1)47-33-56-49(54-47)53(50-55-48(34-57-50)44-9-5-2-6-10-44,31-35-11-15-45(16-12-35)51-25-37-19-38(26-51)21-39(20-37)27-51)32-36-13-17-46(18-14-36)52-28-40-22-41(29-52)24-42(23-40)30-52/h1-18,37-42,47-48H,19-34H2/t37?,38?,39?,40?,41?,42?,47-,48-,51?,52?/m1/s1. The molecule has 0 unspecified atom stereocenters. The topological polar surface area (TPSA) is 43.2 Å². The first-order valence-corrected chi connectivity index (χ1v) is 22.7. The quantitative estimate of drug-likeness (QED) is 0.162. The van der Waals surface area contributed by atoms with Crippen LogP contribution in [0.4, 0.5) is 0 Å². The van der Waals surface area contributed by atoms with Gasteiger partial charge in [0.2, 0.25) is 11.8 Å². The van der Waals surface area contributed by atoms with Crippen molar-refractivity contribution in [1.29, 1.82) is 0 Å². The van der Waals surface area contributed by atoms with E-state index >= 15 is 0 Å². The summed E-state index contributed by atoms with van der Waals surface area (Å²) < 4.78 is 13.7. The summed E-state index contributed by atoms with van der Waals surface area (Å²) in [5, 5.41) is 0. The summed E-state index contributed by atoms with van der Waals surface area (Å²) >= 11 is 0. The smallest absolute Gasteiger partial charge is 0.200 e. The number of aliphatic imine (C=N–C) groups is 2. The van der Waals surface area contributed by atoms with Crippen LogP contribution in [0.5, 0.6) is 0 Å². The van der Waals surface area contributed by atoms with E-state index in [2.05, 4.69) is 109 Å². The summed E-state index contributed by atoms with van der Waals surface area (Å²) in [6.45, 7) is 1.07. The van der Waals surface area contributed by atoms with Crippen molar-refractivity contribution < 1.29 is 9.47 Å². The number of ether oxygens (including phenoxy) is 2. The van der Waals surface area contributed by atoms with E-state index in [1.807, 2.05) is 0 Å². The maximum Gasteiger partial charge on any atom is 0.200 e. The van der Waals surface area contributed by atoms with Crippen LogP contribution in [0, 0.1) is 40.9 Å². The van der Waals surface area contributed by atoms with Gasteiger partial charge in [0, 0.05) is 0 Å². The van der Waals surface area contributed by atoms with Gasteiger partial charge in [-0.3, -0.25) is 0 Å². The average molecular weight is 755 g/mol. The third-order valence-corrected chi connectivity index (χ3v) is 16.7. The number of hydrogen-bond donors (Lipinski definition) is 0. The van der Waals surface area contributed by atoms with Crippen molar-refractivity contribution in [2.75, 3.05) is 13.2 Å². The first kappa shape index (κ1) is 34.8. The van der Waals surface area contributed by atoms with Gasteiger partial charge in [0.25, 0.3) is 0 Å². The van der Waals surface area contributed by atoms with Gasteiger partial charge in [-0.25, -0.2) is 9.98 Å². The molecule has 8 fully saturated rings. The molecule has 4 nitrogen and oxygen atoms in total. The van der Waals surface area contributed by atoms with E-state index in [1.54, 1.807) is 11.1 Å². The minimum absolute atomic E-state index is 0.0515. The summed E-state index contributed by atoms with van der Waals surface area (Å²) in [5.74, 6) is 7.15. The zero-order valence-electron chi connectivity index (χ0n) is 33.5. The Balaban J connectivity index is 0.935. The van der Waals surface area contributed by atoms with Gasteiger partial charge in [0.05, 0.1) is 0 Å². The second-order valence-electron chi connectivity index (χ2n) is 20.6. The van der Waals surface area contributed by atoms with Gasteiger partial charge in [-0.2, -0.15) is 0 Å². The van der Waals surface area contributed by atoms with Crippen LogP contribution in [0.15, 0.2) is 119 Å². The van der Waals surface area contributed by atoms with Crippen LogP contribution < -0.4 is 0 Å². The molecule has 0 saturated heterocycles. The molecule has 4 heteroatoms. The number of rotatable bonds is 10. The minimum Gasteiger partial charge on any atom is -0.478 e. The number of nitrogens with zero attached hydrogens (tertiary/aromatic N) is 2. The van der Waals surface area contributed by atoms with Gasteiger partial charge in [-0.15, -0.1) is 0 Å². The molecular formula is C53H58N2O2. The second kappa shape index (κ2) is 13.4. The highest BCUT2D eigenvalue weighted by atomic mass is 16.5. The summed E-state index contributed by atoms with van der Waals surface area (Å²) in [6, 6.07) is 41.0. The summed E-state index contributed by atoms with van der Waals surface area (Å²) in [5.41, 5.74) is 8.22. The Morgan fingerprint density at radius 2 is 0.772 bits per heavy atom. The Hall–Kier alpha value is -4.18. The molecule has 2 atom stereocenters. The molecule has 10 aliphatic rings. The maximum atomic E-state index is 6.85. The first-order chi connectivity index (χ1) is 28.0. The third kappa shape index (κ3) is 6.05. The molecule has 14 rings (SSSR count). The summed E-state index contributed by atoms with van der Waals surface area (Å²) in [7, 11) is 0.